The number of anilines is 1. The van der Waals surface area contributed by atoms with Crippen LogP contribution < -0.4 is 5.73 Å². The second-order valence-electron chi connectivity index (χ2n) is 5.61. The number of halogens is 1. The lowest BCUT2D eigenvalue weighted by molar-refractivity contribution is 0.103. The summed E-state index contributed by atoms with van der Waals surface area (Å²) in [4.78, 5) is 12.7. The van der Waals surface area contributed by atoms with Gasteiger partial charge in [-0.2, -0.15) is 5.10 Å². The van der Waals surface area contributed by atoms with Crippen molar-refractivity contribution in [1.82, 2.24) is 9.78 Å². The molecule has 0 atom stereocenters. The van der Waals surface area contributed by atoms with E-state index in [1.807, 2.05) is 18.2 Å². The highest BCUT2D eigenvalue weighted by Crippen LogP contribution is 2.21. The van der Waals surface area contributed by atoms with Gasteiger partial charge in [0.05, 0.1) is 17.4 Å². The minimum atomic E-state index is -0.339. The molecule has 3 aromatic rings. The summed E-state index contributed by atoms with van der Waals surface area (Å²) in [7, 11) is 0. The van der Waals surface area contributed by atoms with Crippen molar-refractivity contribution in [2.24, 2.45) is 0 Å². The van der Waals surface area contributed by atoms with Gasteiger partial charge in [0.2, 0.25) is 0 Å². The van der Waals surface area contributed by atoms with Gasteiger partial charge in [-0.1, -0.05) is 31.5 Å². The molecule has 0 spiro atoms. The molecule has 24 heavy (non-hydrogen) atoms. The van der Waals surface area contributed by atoms with Gasteiger partial charge < -0.3 is 5.73 Å². The van der Waals surface area contributed by atoms with Gasteiger partial charge >= 0.3 is 0 Å². The molecule has 2 N–H and O–H groups in total. The van der Waals surface area contributed by atoms with E-state index in [0.29, 0.717) is 16.8 Å². The number of hydrogen-bond acceptors (Lipinski definition) is 3. The standard InChI is InChI=1S/C19H18FN3O/c1-2-4-13-5-3-6-14(11-13)18(24)17-12-22-23(19(17)21)16-9-7-15(20)8-10-16/h3,5-12H,2,4,21H2,1H3. The van der Waals surface area contributed by atoms with Gasteiger partial charge in [-0.25, -0.2) is 9.07 Å². The molecule has 0 amide bonds. The molecular formula is C19H18FN3O. The van der Waals surface area contributed by atoms with E-state index in [0.717, 1.165) is 18.4 Å². The fourth-order valence-corrected chi connectivity index (χ4v) is 2.63. The van der Waals surface area contributed by atoms with Crippen LogP contribution in [0.4, 0.5) is 10.2 Å². The van der Waals surface area contributed by atoms with Crippen molar-refractivity contribution < 1.29 is 9.18 Å². The third kappa shape index (κ3) is 3.06. The third-order valence-electron chi connectivity index (χ3n) is 3.85. The zero-order chi connectivity index (χ0) is 17.1. The quantitative estimate of drug-likeness (QED) is 0.727. The molecule has 122 valence electrons. The van der Waals surface area contributed by atoms with Crippen LogP contribution in [-0.4, -0.2) is 15.6 Å². The molecule has 0 aliphatic rings. The molecule has 0 bridgehead atoms. The number of nitrogens with zero attached hydrogens (tertiary/aromatic N) is 2. The van der Waals surface area contributed by atoms with Gasteiger partial charge in [0.25, 0.3) is 0 Å². The number of hydrogen-bond donors (Lipinski definition) is 1. The molecule has 0 saturated carbocycles. The molecule has 0 aliphatic carbocycles. The molecule has 0 unspecified atom stereocenters. The van der Waals surface area contributed by atoms with E-state index < -0.39 is 0 Å². The van der Waals surface area contributed by atoms with E-state index in [-0.39, 0.29) is 17.4 Å². The predicted octanol–water partition coefficient (Wildman–Crippen LogP) is 3.78. The summed E-state index contributed by atoms with van der Waals surface area (Å²) in [5.41, 5.74) is 8.75. The number of nitrogens with two attached hydrogens (primary N) is 1. The smallest absolute Gasteiger partial charge is 0.198 e. The number of benzene rings is 2. The molecule has 2 aromatic carbocycles. The zero-order valence-electron chi connectivity index (χ0n) is 13.4. The van der Waals surface area contributed by atoms with Crippen molar-refractivity contribution >= 4 is 11.6 Å². The van der Waals surface area contributed by atoms with Crippen molar-refractivity contribution in [2.45, 2.75) is 19.8 Å². The Morgan fingerprint density at radius 3 is 2.67 bits per heavy atom. The highest BCUT2D eigenvalue weighted by Gasteiger charge is 2.18. The van der Waals surface area contributed by atoms with Crippen LogP contribution in [0, 0.1) is 5.82 Å². The Morgan fingerprint density at radius 2 is 1.96 bits per heavy atom. The Hall–Kier alpha value is -2.95. The first-order valence-corrected chi connectivity index (χ1v) is 7.83. The van der Waals surface area contributed by atoms with Crippen molar-refractivity contribution in [2.75, 3.05) is 5.73 Å². The van der Waals surface area contributed by atoms with E-state index in [1.54, 1.807) is 18.2 Å². The fraction of sp³-hybridized carbons (Fsp3) is 0.158. The van der Waals surface area contributed by atoms with Gasteiger partial charge in [-0.3, -0.25) is 4.79 Å². The van der Waals surface area contributed by atoms with Gasteiger partial charge in [0.1, 0.15) is 11.6 Å². The van der Waals surface area contributed by atoms with Crippen molar-refractivity contribution in [3.8, 4) is 5.69 Å². The van der Waals surface area contributed by atoms with Crippen LogP contribution in [0.3, 0.4) is 0 Å². The summed E-state index contributed by atoms with van der Waals surface area (Å²) >= 11 is 0. The molecular weight excluding hydrogens is 305 g/mol. The molecule has 4 nitrogen and oxygen atoms in total. The number of ketones is 1. The van der Waals surface area contributed by atoms with Crippen molar-refractivity contribution in [3.63, 3.8) is 0 Å². The van der Waals surface area contributed by atoms with Crippen LogP contribution in [0.2, 0.25) is 0 Å². The Balaban J connectivity index is 1.94. The first kappa shape index (κ1) is 15.9. The molecule has 1 aromatic heterocycles. The maximum Gasteiger partial charge on any atom is 0.198 e. The van der Waals surface area contributed by atoms with Crippen LogP contribution in [0.25, 0.3) is 5.69 Å². The van der Waals surface area contributed by atoms with E-state index in [9.17, 15) is 9.18 Å². The monoisotopic (exact) mass is 323 g/mol. The van der Waals surface area contributed by atoms with Gasteiger partial charge in [-0.15, -0.1) is 0 Å². The van der Waals surface area contributed by atoms with E-state index in [4.69, 9.17) is 5.73 Å². The van der Waals surface area contributed by atoms with Crippen LogP contribution in [0.1, 0.15) is 34.8 Å². The lowest BCUT2D eigenvalue weighted by Gasteiger charge is -2.06. The second kappa shape index (κ2) is 6.66. The third-order valence-corrected chi connectivity index (χ3v) is 3.85. The van der Waals surface area contributed by atoms with E-state index in [2.05, 4.69) is 12.0 Å². The summed E-state index contributed by atoms with van der Waals surface area (Å²) in [6, 6.07) is 13.3. The van der Waals surface area contributed by atoms with Crippen LogP contribution in [0.15, 0.2) is 54.7 Å². The van der Waals surface area contributed by atoms with Gasteiger partial charge in [0.15, 0.2) is 5.78 Å². The Labute approximate surface area is 139 Å². The number of aryl methyl sites for hydroxylation is 1. The minimum absolute atomic E-state index is 0.168. The highest BCUT2D eigenvalue weighted by atomic mass is 19.1. The summed E-state index contributed by atoms with van der Waals surface area (Å²) in [6.07, 6.45) is 3.39. The zero-order valence-corrected chi connectivity index (χ0v) is 13.4. The summed E-state index contributed by atoms with van der Waals surface area (Å²) in [5, 5.41) is 4.17. The van der Waals surface area contributed by atoms with E-state index in [1.165, 1.54) is 23.0 Å². The van der Waals surface area contributed by atoms with Crippen molar-refractivity contribution in [3.05, 3.63) is 77.2 Å². The Morgan fingerprint density at radius 1 is 1.21 bits per heavy atom. The number of rotatable bonds is 5. The van der Waals surface area contributed by atoms with Crippen molar-refractivity contribution in [1.29, 1.82) is 0 Å². The Bertz CT molecular complexity index is 869. The largest absolute Gasteiger partial charge is 0.383 e. The number of carbonyl (C=O) groups excluding carboxylic acids is 1. The lowest BCUT2D eigenvalue weighted by Crippen LogP contribution is -2.07. The van der Waals surface area contributed by atoms with Crippen LogP contribution in [0.5, 0.6) is 0 Å². The molecule has 5 heteroatoms. The second-order valence-corrected chi connectivity index (χ2v) is 5.61. The first-order chi connectivity index (χ1) is 11.6. The van der Waals surface area contributed by atoms with Crippen LogP contribution >= 0.6 is 0 Å². The summed E-state index contributed by atoms with van der Waals surface area (Å²) < 4.78 is 14.5. The molecule has 0 radical (unpaired) electrons. The molecule has 0 fully saturated rings. The van der Waals surface area contributed by atoms with Gasteiger partial charge in [-0.05, 0) is 42.3 Å². The summed E-state index contributed by atoms with van der Waals surface area (Å²) in [5.74, 6) is -0.264. The maximum absolute atomic E-state index is 13.0. The Kier molecular flexibility index (Phi) is 4.42. The average molecular weight is 323 g/mol. The minimum Gasteiger partial charge on any atom is -0.383 e. The predicted molar refractivity (Wildman–Crippen MR) is 91.8 cm³/mol. The molecule has 0 saturated heterocycles. The van der Waals surface area contributed by atoms with Gasteiger partial charge in [0, 0.05) is 5.56 Å². The number of carbonyl (C=O) groups is 1. The maximum atomic E-state index is 13.0. The fourth-order valence-electron chi connectivity index (χ4n) is 2.63. The molecule has 1 heterocycles. The SMILES string of the molecule is CCCc1cccc(C(=O)c2cnn(-c3ccc(F)cc3)c2N)c1. The molecule has 3 rings (SSSR count). The van der Waals surface area contributed by atoms with E-state index >= 15 is 0 Å². The van der Waals surface area contributed by atoms with Crippen LogP contribution in [-0.2, 0) is 6.42 Å². The average Bonchev–Trinajstić information content (AvgIpc) is 2.97. The summed E-state index contributed by atoms with van der Waals surface area (Å²) in [6.45, 7) is 2.10. The topological polar surface area (TPSA) is 60.9 Å². The highest BCUT2D eigenvalue weighted by molar-refractivity contribution is 6.11. The first-order valence-electron chi connectivity index (χ1n) is 7.83. The number of aromatic nitrogens is 2. The number of nitrogen functional groups attached to an aromatic ring is 1. The normalized spacial score (nSPS) is 10.8. The molecule has 0 aliphatic heterocycles. The lowest BCUT2D eigenvalue weighted by atomic mass is 10.0.